The van der Waals surface area contributed by atoms with E-state index in [4.69, 9.17) is 9.84 Å². The van der Waals surface area contributed by atoms with Gasteiger partial charge in [-0.15, -0.1) is 0 Å². The molecule has 1 unspecified atom stereocenters. The van der Waals surface area contributed by atoms with Gasteiger partial charge in [0.15, 0.2) is 0 Å². The van der Waals surface area contributed by atoms with Crippen molar-refractivity contribution in [3.8, 4) is 5.75 Å². The van der Waals surface area contributed by atoms with Crippen LogP contribution in [0.15, 0.2) is 18.2 Å². The van der Waals surface area contributed by atoms with Crippen molar-refractivity contribution in [1.29, 1.82) is 0 Å². The van der Waals surface area contributed by atoms with Gasteiger partial charge in [-0.2, -0.15) is 0 Å². The minimum atomic E-state index is -0.791. The smallest absolute Gasteiger partial charge is 0.303 e. The van der Waals surface area contributed by atoms with Crippen LogP contribution >= 0.6 is 0 Å². The highest BCUT2D eigenvalue weighted by Gasteiger charge is 2.08. The summed E-state index contributed by atoms with van der Waals surface area (Å²) in [7, 11) is 1.55. The van der Waals surface area contributed by atoms with E-state index >= 15 is 0 Å². The maximum atomic E-state index is 13.1. The van der Waals surface area contributed by atoms with Gasteiger partial charge >= 0.3 is 5.97 Å². The first-order valence-electron chi connectivity index (χ1n) is 6.28. The highest BCUT2D eigenvalue weighted by Crippen LogP contribution is 2.19. The molecule has 1 aromatic rings. The molecule has 1 rings (SSSR count). The van der Waals surface area contributed by atoms with E-state index in [1.54, 1.807) is 13.2 Å². The molecule has 0 heterocycles. The fourth-order valence-corrected chi connectivity index (χ4v) is 1.88. The lowest BCUT2D eigenvalue weighted by atomic mass is 10.1. The van der Waals surface area contributed by atoms with Crippen molar-refractivity contribution < 1.29 is 19.0 Å². The van der Waals surface area contributed by atoms with Crippen LogP contribution in [0.5, 0.6) is 5.75 Å². The Morgan fingerprint density at radius 1 is 1.53 bits per heavy atom. The SMILES string of the molecule is COc1ccc(F)cc1CCNCC(C)CC(=O)O. The van der Waals surface area contributed by atoms with Crippen molar-refractivity contribution in [2.75, 3.05) is 20.2 Å². The van der Waals surface area contributed by atoms with Gasteiger partial charge in [0.05, 0.1) is 7.11 Å². The van der Waals surface area contributed by atoms with Crippen molar-refractivity contribution in [1.82, 2.24) is 5.32 Å². The standard InChI is InChI=1S/C14H20FNO3/c1-10(7-14(17)18)9-16-6-5-11-8-12(15)3-4-13(11)19-2/h3-4,8,10,16H,5-7,9H2,1-2H3,(H,17,18). The van der Waals surface area contributed by atoms with Crippen LogP contribution in [0, 0.1) is 11.7 Å². The number of hydrogen-bond donors (Lipinski definition) is 2. The van der Waals surface area contributed by atoms with Crippen LogP contribution in [0.25, 0.3) is 0 Å². The van der Waals surface area contributed by atoms with Gasteiger partial charge in [0.2, 0.25) is 0 Å². The summed E-state index contributed by atoms with van der Waals surface area (Å²) in [6, 6.07) is 4.43. The molecule has 0 saturated heterocycles. The topological polar surface area (TPSA) is 58.6 Å². The van der Waals surface area contributed by atoms with Crippen molar-refractivity contribution in [2.24, 2.45) is 5.92 Å². The van der Waals surface area contributed by atoms with Crippen LogP contribution in [0.1, 0.15) is 18.9 Å². The van der Waals surface area contributed by atoms with E-state index in [0.29, 0.717) is 25.3 Å². The quantitative estimate of drug-likeness (QED) is 0.709. The summed E-state index contributed by atoms with van der Waals surface area (Å²) < 4.78 is 18.3. The number of methoxy groups -OCH3 is 1. The van der Waals surface area contributed by atoms with Gasteiger partial charge in [0.25, 0.3) is 0 Å². The third-order valence-corrected chi connectivity index (χ3v) is 2.83. The molecule has 1 atom stereocenters. The van der Waals surface area contributed by atoms with Crippen LogP contribution in [-0.4, -0.2) is 31.3 Å². The summed E-state index contributed by atoms with van der Waals surface area (Å²) in [6.45, 7) is 3.16. The molecule has 0 spiro atoms. The average molecular weight is 269 g/mol. The number of aliphatic carboxylic acids is 1. The fourth-order valence-electron chi connectivity index (χ4n) is 1.88. The van der Waals surface area contributed by atoms with E-state index in [9.17, 15) is 9.18 Å². The molecule has 2 N–H and O–H groups in total. The van der Waals surface area contributed by atoms with Gasteiger partial charge in [-0.1, -0.05) is 6.92 Å². The summed E-state index contributed by atoms with van der Waals surface area (Å²) in [4.78, 5) is 10.5. The van der Waals surface area contributed by atoms with Gasteiger partial charge in [0.1, 0.15) is 11.6 Å². The van der Waals surface area contributed by atoms with Gasteiger partial charge in [-0.3, -0.25) is 4.79 Å². The molecule has 0 saturated carbocycles. The molecule has 0 bridgehead atoms. The number of benzene rings is 1. The largest absolute Gasteiger partial charge is 0.496 e. The first kappa shape index (κ1) is 15.4. The zero-order valence-corrected chi connectivity index (χ0v) is 11.3. The maximum absolute atomic E-state index is 13.1. The van der Waals surface area contributed by atoms with E-state index in [-0.39, 0.29) is 18.2 Å². The molecule has 0 amide bonds. The normalized spacial score (nSPS) is 12.2. The average Bonchev–Trinajstić information content (AvgIpc) is 2.34. The predicted octanol–water partition coefficient (Wildman–Crippen LogP) is 2.08. The Morgan fingerprint density at radius 3 is 2.89 bits per heavy atom. The Bertz CT molecular complexity index is 423. The van der Waals surface area contributed by atoms with E-state index in [0.717, 1.165) is 5.56 Å². The molecule has 0 aliphatic heterocycles. The van der Waals surface area contributed by atoms with Crippen LogP contribution < -0.4 is 10.1 Å². The van der Waals surface area contributed by atoms with Crippen molar-refractivity contribution in [2.45, 2.75) is 19.8 Å². The predicted molar refractivity (Wildman–Crippen MR) is 70.9 cm³/mol. The lowest BCUT2D eigenvalue weighted by molar-refractivity contribution is -0.137. The molecule has 0 fully saturated rings. The van der Waals surface area contributed by atoms with Crippen LogP contribution in [0.3, 0.4) is 0 Å². The molecule has 1 aromatic carbocycles. The molecule has 4 nitrogen and oxygen atoms in total. The molecule has 0 radical (unpaired) electrons. The van der Waals surface area contributed by atoms with Crippen LogP contribution in [0.2, 0.25) is 0 Å². The van der Waals surface area contributed by atoms with Gasteiger partial charge in [-0.25, -0.2) is 4.39 Å². The number of carboxylic acid groups (broad SMARTS) is 1. The van der Waals surface area contributed by atoms with Crippen LogP contribution in [-0.2, 0) is 11.2 Å². The highest BCUT2D eigenvalue weighted by molar-refractivity contribution is 5.66. The first-order chi connectivity index (χ1) is 9.02. The summed E-state index contributed by atoms with van der Waals surface area (Å²) in [6.07, 6.45) is 0.789. The van der Waals surface area contributed by atoms with Gasteiger partial charge in [0, 0.05) is 6.42 Å². The molecular weight excluding hydrogens is 249 g/mol. The summed E-state index contributed by atoms with van der Waals surface area (Å²) >= 11 is 0. The molecule has 106 valence electrons. The fraction of sp³-hybridized carbons (Fsp3) is 0.500. The van der Waals surface area contributed by atoms with E-state index < -0.39 is 5.97 Å². The molecular formula is C14H20FNO3. The number of ether oxygens (including phenoxy) is 1. The van der Waals surface area contributed by atoms with E-state index in [1.807, 2.05) is 6.92 Å². The molecule has 0 aromatic heterocycles. The second kappa shape index (κ2) is 7.74. The Hall–Kier alpha value is -1.62. The zero-order chi connectivity index (χ0) is 14.3. The number of halogens is 1. The van der Waals surface area contributed by atoms with E-state index in [1.165, 1.54) is 12.1 Å². The van der Waals surface area contributed by atoms with Crippen LogP contribution in [0.4, 0.5) is 4.39 Å². The summed E-state index contributed by atoms with van der Waals surface area (Å²) in [5.41, 5.74) is 0.806. The third kappa shape index (κ3) is 5.70. The highest BCUT2D eigenvalue weighted by atomic mass is 19.1. The Morgan fingerprint density at radius 2 is 2.26 bits per heavy atom. The summed E-state index contributed by atoms with van der Waals surface area (Å²) in [5, 5.41) is 11.8. The number of nitrogens with one attached hydrogen (secondary N) is 1. The lowest BCUT2D eigenvalue weighted by Gasteiger charge is -2.12. The Balaban J connectivity index is 2.37. The Labute approximate surface area is 112 Å². The second-order valence-electron chi connectivity index (χ2n) is 4.61. The molecule has 0 aliphatic carbocycles. The van der Waals surface area contributed by atoms with E-state index in [2.05, 4.69) is 5.32 Å². The molecule has 5 heteroatoms. The van der Waals surface area contributed by atoms with Gasteiger partial charge in [-0.05, 0) is 49.2 Å². The number of carboxylic acids is 1. The summed E-state index contributed by atoms with van der Waals surface area (Å²) in [5.74, 6) is -0.329. The minimum absolute atomic E-state index is 0.0758. The first-order valence-corrected chi connectivity index (χ1v) is 6.28. The van der Waals surface area contributed by atoms with Crippen molar-refractivity contribution in [3.63, 3.8) is 0 Å². The maximum Gasteiger partial charge on any atom is 0.303 e. The van der Waals surface area contributed by atoms with Crippen molar-refractivity contribution in [3.05, 3.63) is 29.6 Å². The van der Waals surface area contributed by atoms with Gasteiger partial charge < -0.3 is 15.2 Å². The number of carbonyl (C=O) groups is 1. The number of hydrogen-bond acceptors (Lipinski definition) is 3. The third-order valence-electron chi connectivity index (χ3n) is 2.83. The Kier molecular flexibility index (Phi) is 6.29. The van der Waals surface area contributed by atoms with Crippen molar-refractivity contribution >= 4 is 5.97 Å². The minimum Gasteiger partial charge on any atom is -0.496 e. The number of rotatable bonds is 8. The monoisotopic (exact) mass is 269 g/mol. The molecule has 0 aliphatic rings. The molecule has 19 heavy (non-hydrogen) atoms. The second-order valence-corrected chi connectivity index (χ2v) is 4.61. The zero-order valence-electron chi connectivity index (χ0n) is 11.3. The lowest BCUT2D eigenvalue weighted by Crippen LogP contribution is -2.25.